The Morgan fingerprint density at radius 3 is 2.53 bits per heavy atom. The zero-order valence-corrected chi connectivity index (χ0v) is 20.7. The molecule has 1 atom stereocenters. The van der Waals surface area contributed by atoms with E-state index in [0.29, 0.717) is 28.7 Å². The van der Waals surface area contributed by atoms with Gasteiger partial charge in [0.05, 0.1) is 30.2 Å². The lowest BCUT2D eigenvalue weighted by Gasteiger charge is -2.26. The van der Waals surface area contributed by atoms with E-state index in [-0.39, 0.29) is 17.2 Å². The number of hydrogen-bond donors (Lipinski definition) is 1. The van der Waals surface area contributed by atoms with Crippen LogP contribution in [0, 0.1) is 11.3 Å². The molecule has 0 radical (unpaired) electrons. The highest BCUT2D eigenvalue weighted by Gasteiger charge is 2.31. The lowest BCUT2D eigenvalue weighted by Crippen LogP contribution is -2.21. The van der Waals surface area contributed by atoms with Crippen LogP contribution in [0.2, 0.25) is 5.02 Å². The first-order chi connectivity index (χ1) is 17.4. The number of nitrogens with two attached hydrogens (primary N) is 1. The molecule has 0 fully saturated rings. The number of unbranched alkanes of at least 4 members (excludes halogenated alkanes) is 1. The zero-order valence-electron chi connectivity index (χ0n) is 19.9. The molecular weight excluding hydrogens is 480 g/mol. The molecule has 7 nitrogen and oxygen atoms in total. The Balaban J connectivity index is 1.59. The summed E-state index contributed by atoms with van der Waals surface area (Å²) in [5, 5.41) is 10.1. The van der Waals surface area contributed by atoms with Gasteiger partial charge in [0.2, 0.25) is 5.88 Å². The molecule has 8 heteroatoms. The molecule has 0 aromatic heterocycles. The van der Waals surface area contributed by atoms with Crippen LogP contribution in [-0.2, 0) is 0 Å². The van der Waals surface area contributed by atoms with Crippen LogP contribution in [0.4, 0.5) is 0 Å². The highest BCUT2D eigenvalue weighted by atomic mass is 35.5. The standard InChI is InChI=1S/C28H25ClN2O5/c1-3-4-13-34-19-8-5-17(6-9-19)26-21-11-10-20(15-25(21)36-27(31)22(26)16-30)35-28(32)18-7-12-24(33-2)23(29)14-18/h5-12,14-15,26H,3-4,13,31H2,1-2H3. The number of hydrogen-bond acceptors (Lipinski definition) is 7. The molecule has 1 aliphatic rings. The number of ether oxygens (including phenoxy) is 4. The summed E-state index contributed by atoms with van der Waals surface area (Å²) < 4.78 is 22.1. The minimum absolute atomic E-state index is 0.00341. The van der Waals surface area contributed by atoms with Crippen molar-refractivity contribution in [1.82, 2.24) is 0 Å². The van der Waals surface area contributed by atoms with Crippen molar-refractivity contribution >= 4 is 17.6 Å². The summed E-state index contributed by atoms with van der Waals surface area (Å²) >= 11 is 6.12. The second kappa shape index (κ2) is 11.1. The Morgan fingerprint density at radius 2 is 1.86 bits per heavy atom. The van der Waals surface area contributed by atoms with Crippen molar-refractivity contribution in [3.63, 3.8) is 0 Å². The van der Waals surface area contributed by atoms with E-state index in [2.05, 4.69) is 13.0 Å². The molecule has 1 heterocycles. The van der Waals surface area contributed by atoms with E-state index in [9.17, 15) is 10.1 Å². The minimum atomic E-state index is -0.591. The fraction of sp³-hybridized carbons (Fsp3) is 0.214. The summed E-state index contributed by atoms with van der Waals surface area (Å²) in [4.78, 5) is 12.7. The fourth-order valence-corrected chi connectivity index (χ4v) is 4.15. The SMILES string of the molecule is CCCCOc1ccc(C2C(C#N)=C(N)Oc3cc(OC(=O)c4ccc(OC)c(Cl)c4)ccc32)cc1. The second-order valence-electron chi connectivity index (χ2n) is 8.13. The van der Waals surface area contributed by atoms with E-state index in [1.54, 1.807) is 30.3 Å². The fourth-order valence-electron chi connectivity index (χ4n) is 3.89. The van der Waals surface area contributed by atoms with Crippen LogP contribution in [0.5, 0.6) is 23.0 Å². The molecule has 4 rings (SSSR count). The second-order valence-corrected chi connectivity index (χ2v) is 8.54. The molecule has 0 bridgehead atoms. The molecule has 2 N–H and O–H groups in total. The van der Waals surface area contributed by atoms with Crippen molar-refractivity contribution in [2.45, 2.75) is 25.7 Å². The third-order valence-corrected chi connectivity index (χ3v) is 6.06. The first-order valence-electron chi connectivity index (χ1n) is 11.4. The maximum absolute atomic E-state index is 12.7. The van der Waals surface area contributed by atoms with Gasteiger partial charge in [-0.3, -0.25) is 0 Å². The highest BCUT2D eigenvalue weighted by molar-refractivity contribution is 6.32. The number of nitrogens with zero attached hydrogens (tertiary/aromatic N) is 1. The maximum atomic E-state index is 12.7. The molecule has 0 aliphatic carbocycles. The van der Waals surface area contributed by atoms with Crippen LogP contribution >= 0.6 is 11.6 Å². The number of methoxy groups -OCH3 is 1. The molecule has 0 amide bonds. The third kappa shape index (κ3) is 5.24. The van der Waals surface area contributed by atoms with Crippen LogP contribution in [0.1, 0.15) is 47.2 Å². The predicted octanol–water partition coefficient (Wildman–Crippen LogP) is 5.96. The number of nitriles is 1. The van der Waals surface area contributed by atoms with Gasteiger partial charge in [-0.2, -0.15) is 5.26 Å². The van der Waals surface area contributed by atoms with Gasteiger partial charge >= 0.3 is 5.97 Å². The summed E-state index contributed by atoms with van der Waals surface area (Å²) in [6.07, 6.45) is 2.03. The third-order valence-electron chi connectivity index (χ3n) is 5.77. The van der Waals surface area contributed by atoms with Gasteiger partial charge in [0.15, 0.2) is 0 Å². The number of halogens is 1. The molecule has 1 unspecified atom stereocenters. The Kier molecular flexibility index (Phi) is 7.67. The van der Waals surface area contributed by atoms with Gasteiger partial charge in [-0.1, -0.05) is 43.1 Å². The Hall–Kier alpha value is -4.15. The van der Waals surface area contributed by atoms with Crippen molar-refractivity contribution in [3.05, 3.63) is 93.8 Å². The van der Waals surface area contributed by atoms with E-state index in [4.69, 9.17) is 36.3 Å². The van der Waals surface area contributed by atoms with E-state index in [1.165, 1.54) is 13.2 Å². The quantitative estimate of drug-likeness (QED) is 0.229. The summed E-state index contributed by atoms with van der Waals surface area (Å²) in [5.74, 6) is 0.854. The first-order valence-corrected chi connectivity index (χ1v) is 11.8. The number of esters is 1. The average molecular weight is 505 g/mol. The van der Waals surface area contributed by atoms with Crippen LogP contribution in [-0.4, -0.2) is 19.7 Å². The van der Waals surface area contributed by atoms with Crippen molar-refractivity contribution in [3.8, 4) is 29.1 Å². The molecule has 0 saturated carbocycles. The number of carbonyl (C=O) groups excluding carboxylic acids is 1. The van der Waals surface area contributed by atoms with Crippen molar-refractivity contribution in [1.29, 1.82) is 5.26 Å². The van der Waals surface area contributed by atoms with Crippen LogP contribution < -0.4 is 24.7 Å². The topological polar surface area (TPSA) is 104 Å². The molecule has 3 aromatic carbocycles. The van der Waals surface area contributed by atoms with Crippen molar-refractivity contribution < 1.29 is 23.7 Å². The molecule has 36 heavy (non-hydrogen) atoms. The van der Waals surface area contributed by atoms with Gasteiger partial charge in [0.1, 0.15) is 34.6 Å². The van der Waals surface area contributed by atoms with Gasteiger partial charge in [0.25, 0.3) is 0 Å². The first kappa shape index (κ1) is 25.0. The number of allylic oxidation sites excluding steroid dienone is 1. The highest BCUT2D eigenvalue weighted by Crippen LogP contribution is 2.43. The van der Waals surface area contributed by atoms with Gasteiger partial charge < -0.3 is 24.7 Å². The van der Waals surface area contributed by atoms with Crippen molar-refractivity contribution in [2.75, 3.05) is 13.7 Å². The van der Waals surface area contributed by atoms with E-state index < -0.39 is 11.9 Å². The van der Waals surface area contributed by atoms with Crippen LogP contribution in [0.15, 0.2) is 72.1 Å². The number of fused-ring (bicyclic) bond motifs is 1. The zero-order chi connectivity index (χ0) is 25.7. The molecule has 3 aromatic rings. The van der Waals surface area contributed by atoms with E-state index in [1.807, 2.05) is 24.3 Å². The Labute approximate surface area is 214 Å². The summed E-state index contributed by atoms with van der Waals surface area (Å²) in [7, 11) is 1.49. The lowest BCUT2D eigenvalue weighted by atomic mass is 9.83. The van der Waals surface area contributed by atoms with Crippen LogP contribution in [0.3, 0.4) is 0 Å². The Morgan fingerprint density at radius 1 is 1.11 bits per heavy atom. The number of benzene rings is 3. The van der Waals surface area contributed by atoms with Gasteiger partial charge in [-0.25, -0.2) is 4.79 Å². The monoisotopic (exact) mass is 504 g/mol. The van der Waals surface area contributed by atoms with E-state index >= 15 is 0 Å². The number of carbonyl (C=O) groups is 1. The molecule has 0 saturated heterocycles. The van der Waals surface area contributed by atoms with Gasteiger partial charge in [0, 0.05) is 11.6 Å². The maximum Gasteiger partial charge on any atom is 0.343 e. The molecule has 184 valence electrons. The normalized spacial score (nSPS) is 14.3. The lowest BCUT2D eigenvalue weighted by molar-refractivity contribution is 0.0734. The summed E-state index contributed by atoms with van der Waals surface area (Å²) in [5.41, 5.74) is 8.27. The largest absolute Gasteiger partial charge is 0.495 e. The minimum Gasteiger partial charge on any atom is -0.495 e. The molecule has 0 spiro atoms. The summed E-state index contributed by atoms with van der Waals surface area (Å²) in [6.45, 7) is 2.76. The van der Waals surface area contributed by atoms with E-state index in [0.717, 1.165) is 29.7 Å². The average Bonchev–Trinajstić information content (AvgIpc) is 2.88. The van der Waals surface area contributed by atoms with Crippen molar-refractivity contribution in [2.24, 2.45) is 5.73 Å². The number of rotatable bonds is 8. The summed E-state index contributed by atoms with van der Waals surface area (Å²) in [6, 6.07) is 19.4. The van der Waals surface area contributed by atoms with Gasteiger partial charge in [-0.15, -0.1) is 0 Å². The Bertz CT molecular complexity index is 1350. The predicted molar refractivity (Wildman–Crippen MR) is 136 cm³/mol. The molecule has 1 aliphatic heterocycles. The molecular formula is C28H25ClN2O5. The van der Waals surface area contributed by atoms with Crippen LogP contribution in [0.25, 0.3) is 0 Å². The smallest absolute Gasteiger partial charge is 0.343 e. The van der Waals surface area contributed by atoms with Gasteiger partial charge in [-0.05, 0) is 48.4 Å².